The minimum atomic E-state index is -4.01. The van der Waals surface area contributed by atoms with Crippen LogP contribution in [0.4, 0.5) is 0 Å². The predicted octanol–water partition coefficient (Wildman–Crippen LogP) is -0.303. The van der Waals surface area contributed by atoms with Crippen LogP contribution in [0, 0.1) is 6.07 Å². The second-order valence-electron chi connectivity index (χ2n) is 3.83. The molecule has 0 bridgehead atoms. The van der Waals surface area contributed by atoms with Crippen molar-refractivity contribution in [1.82, 2.24) is 0 Å². The van der Waals surface area contributed by atoms with Crippen molar-refractivity contribution in [2.24, 2.45) is 0 Å². The summed E-state index contributed by atoms with van der Waals surface area (Å²) in [5.74, 6) is 0. The zero-order valence-corrected chi connectivity index (χ0v) is 12.3. The topological polar surface area (TPSA) is 102 Å². The van der Waals surface area contributed by atoms with Gasteiger partial charge in [0.1, 0.15) is 4.90 Å². The smallest absolute Gasteiger partial charge is 0.178 e. The molecule has 0 aromatic heterocycles. The van der Waals surface area contributed by atoms with Gasteiger partial charge in [-0.05, 0) is 18.2 Å². The van der Waals surface area contributed by atoms with Crippen molar-refractivity contribution >= 4 is 29.5 Å². The summed E-state index contributed by atoms with van der Waals surface area (Å²) in [6.07, 6.45) is 2.36. The van der Waals surface area contributed by atoms with Gasteiger partial charge < -0.3 is 0 Å². The van der Waals surface area contributed by atoms with Gasteiger partial charge in [0.05, 0.1) is 9.79 Å². The molecule has 0 N–H and O–H groups in total. The molecule has 0 fully saturated rings. The van der Waals surface area contributed by atoms with Gasteiger partial charge in [0.25, 0.3) is 0 Å². The molecular formula is C9H11O6S3. The van der Waals surface area contributed by atoms with Gasteiger partial charge in [-0.25, -0.2) is 25.3 Å². The van der Waals surface area contributed by atoms with Crippen LogP contribution in [0.5, 0.6) is 0 Å². The molecule has 1 radical (unpaired) electrons. The third-order valence-corrected chi connectivity index (χ3v) is 5.73. The maximum Gasteiger partial charge on any atom is 0.178 e. The molecule has 101 valence electrons. The van der Waals surface area contributed by atoms with E-state index in [1.807, 2.05) is 0 Å². The van der Waals surface area contributed by atoms with Gasteiger partial charge in [-0.3, -0.25) is 0 Å². The summed E-state index contributed by atoms with van der Waals surface area (Å²) in [6.45, 7) is 0. The number of sulfone groups is 3. The molecule has 0 amide bonds. The minimum Gasteiger partial charge on any atom is -0.224 e. The van der Waals surface area contributed by atoms with Crippen LogP contribution in [0.15, 0.2) is 26.8 Å². The Morgan fingerprint density at radius 2 is 1.06 bits per heavy atom. The van der Waals surface area contributed by atoms with Crippen molar-refractivity contribution in [3.63, 3.8) is 0 Å². The van der Waals surface area contributed by atoms with Crippen LogP contribution in [0.3, 0.4) is 0 Å². The molecule has 1 rings (SSSR count). The van der Waals surface area contributed by atoms with Gasteiger partial charge in [0.15, 0.2) is 29.5 Å². The Bertz CT molecular complexity index is 734. The van der Waals surface area contributed by atoms with E-state index < -0.39 is 44.2 Å². The van der Waals surface area contributed by atoms with E-state index in [0.29, 0.717) is 0 Å². The fraction of sp³-hybridized carbons (Fsp3) is 0.333. The summed E-state index contributed by atoms with van der Waals surface area (Å²) < 4.78 is 69.3. The quantitative estimate of drug-likeness (QED) is 0.759. The summed E-state index contributed by atoms with van der Waals surface area (Å²) >= 11 is 0. The van der Waals surface area contributed by atoms with E-state index in [9.17, 15) is 25.3 Å². The van der Waals surface area contributed by atoms with E-state index in [0.717, 1.165) is 30.9 Å². The molecule has 0 aliphatic heterocycles. The lowest BCUT2D eigenvalue weighted by molar-refractivity contribution is 0.579. The van der Waals surface area contributed by atoms with Gasteiger partial charge in [0.2, 0.25) is 0 Å². The molecule has 0 saturated heterocycles. The minimum absolute atomic E-state index is 0.562. The lowest BCUT2D eigenvalue weighted by Gasteiger charge is -2.10. The number of rotatable bonds is 3. The molecule has 18 heavy (non-hydrogen) atoms. The first kappa shape index (κ1) is 15.1. The maximum atomic E-state index is 11.6. The van der Waals surface area contributed by atoms with Crippen LogP contribution in [-0.4, -0.2) is 44.0 Å². The fourth-order valence-electron chi connectivity index (χ4n) is 1.36. The SMILES string of the molecule is CS(=O)(=O)c1c[c]cc(S(C)(=O)=O)c1S(C)(=O)=O. The summed E-state index contributed by atoms with van der Waals surface area (Å²) in [7, 11) is -11.8. The average Bonchev–Trinajstić information content (AvgIpc) is 2.12. The second-order valence-corrected chi connectivity index (χ2v) is 9.75. The second kappa shape index (κ2) is 4.32. The van der Waals surface area contributed by atoms with Crippen molar-refractivity contribution in [1.29, 1.82) is 0 Å². The molecule has 0 spiro atoms. The third kappa shape index (κ3) is 3.09. The van der Waals surface area contributed by atoms with Crippen molar-refractivity contribution in [3.8, 4) is 0 Å². The summed E-state index contributed by atoms with van der Waals surface area (Å²) in [5.41, 5.74) is 0. The molecule has 9 heteroatoms. The monoisotopic (exact) mass is 311 g/mol. The van der Waals surface area contributed by atoms with Crippen LogP contribution >= 0.6 is 0 Å². The van der Waals surface area contributed by atoms with Crippen LogP contribution in [0.2, 0.25) is 0 Å². The molecule has 6 nitrogen and oxygen atoms in total. The van der Waals surface area contributed by atoms with Crippen molar-refractivity contribution < 1.29 is 25.3 Å². The first-order chi connectivity index (χ1) is 7.85. The lowest BCUT2D eigenvalue weighted by Crippen LogP contribution is -2.13. The first-order valence-corrected chi connectivity index (χ1v) is 10.2. The Morgan fingerprint density at radius 1 is 0.722 bits per heavy atom. The van der Waals surface area contributed by atoms with Gasteiger partial charge >= 0.3 is 0 Å². The maximum absolute atomic E-state index is 11.6. The Kier molecular flexibility index (Phi) is 3.63. The Hall–Kier alpha value is -0.930. The van der Waals surface area contributed by atoms with E-state index in [2.05, 4.69) is 6.07 Å². The van der Waals surface area contributed by atoms with Crippen LogP contribution in [-0.2, 0) is 29.5 Å². The molecule has 0 heterocycles. The first-order valence-electron chi connectivity index (χ1n) is 4.49. The third-order valence-electron chi connectivity index (χ3n) is 2.05. The van der Waals surface area contributed by atoms with E-state index in [1.54, 1.807) is 0 Å². The highest BCUT2D eigenvalue weighted by molar-refractivity contribution is 7.95. The molecule has 0 aliphatic carbocycles. The van der Waals surface area contributed by atoms with Crippen LogP contribution in [0.25, 0.3) is 0 Å². The van der Waals surface area contributed by atoms with E-state index in [4.69, 9.17) is 0 Å². The van der Waals surface area contributed by atoms with Crippen molar-refractivity contribution in [3.05, 3.63) is 18.2 Å². The zero-order valence-electron chi connectivity index (χ0n) is 9.83. The predicted molar refractivity (Wildman–Crippen MR) is 64.6 cm³/mol. The standard InChI is InChI=1S/C9H11O6S3/c1-16(10,11)7-5-4-6-8(17(2,12)13)9(7)18(3,14)15/h5-6H,1-3H3. The van der Waals surface area contributed by atoms with Crippen LogP contribution < -0.4 is 0 Å². The average molecular weight is 311 g/mol. The summed E-state index contributed by atoms with van der Waals surface area (Å²) in [6, 6.07) is 4.22. The number of benzene rings is 1. The van der Waals surface area contributed by atoms with Crippen molar-refractivity contribution in [2.45, 2.75) is 14.7 Å². The largest absolute Gasteiger partial charge is 0.224 e. The lowest BCUT2D eigenvalue weighted by atomic mass is 10.4. The van der Waals surface area contributed by atoms with E-state index >= 15 is 0 Å². The molecule has 0 unspecified atom stereocenters. The molecule has 0 atom stereocenters. The molecule has 0 saturated carbocycles. The van der Waals surface area contributed by atoms with E-state index in [-0.39, 0.29) is 0 Å². The molecule has 1 aromatic rings. The van der Waals surface area contributed by atoms with E-state index in [1.165, 1.54) is 0 Å². The van der Waals surface area contributed by atoms with Crippen LogP contribution in [0.1, 0.15) is 0 Å². The normalized spacial score (nSPS) is 13.5. The molecular weight excluding hydrogens is 300 g/mol. The fourth-order valence-corrected chi connectivity index (χ4v) is 5.55. The summed E-state index contributed by atoms with van der Waals surface area (Å²) in [4.78, 5) is -1.83. The highest BCUT2D eigenvalue weighted by Gasteiger charge is 2.28. The van der Waals surface area contributed by atoms with Gasteiger partial charge in [-0.1, -0.05) is 0 Å². The Morgan fingerprint density at radius 3 is 1.28 bits per heavy atom. The highest BCUT2D eigenvalue weighted by Crippen LogP contribution is 2.27. The summed E-state index contributed by atoms with van der Waals surface area (Å²) in [5, 5.41) is 0. The van der Waals surface area contributed by atoms with Gasteiger partial charge in [0, 0.05) is 18.8 Å². The zero-order chi connectivity index (χ0) is 14.4. The van der Waals surface area contributed by atoms with Gasteiger partial charge in [-0.15, -0.1) is 0 Å². The van der Waals surface area contributed by atoms with Gasteiger partial charge in [-0.2, -0.15) is 0 Å². The Labute approximate surface area is 106 Å². The number of hydrogen-bond acceptors (Lipinski definition) is 6. The molecule has 1 aromatic carbocycles. The Balaban J connectivity index is 4.04. The number of hydrogen-bond donors (Lipinski definition) is 0. The highest BCUT2D eigenvalue weighted by atomic mass is 32.2. The van der Waals surface area contributed by atoms with Crippen molar-refractivity contribution in [2.75, 3.05) is 18.8 Å². The molecule has 0 aliphatic rings.